The third-order valence-corrected chi connectivity index (χ3v) is 6.59. The van der Waals surface area contributed by atoms with Crippen LogP contribution in [0.5, 0.6) is 5.88 Å². The molecule has 0 unspecified atom stereocenters. The van der Waals surface area contributed by atoms with Crippen LogP contribution in [0.25, 0.3) is 10.9 Å². The number of aromatic nitrogens is 3. The van der Waals surface area contributed by atoms with Gasteiger partial charge in [0.15, 0.2) is 0 Å². The lowest BCUT2D eigenvalue weighted by molar-refractivity contribution is -0.139. The number of fused-ring (bicyclic) bond motifs is 1. The number of amides is 1. The molecule has 1 aliphatic carbocycles. The van der Waals surface area contributed by atoms with Gasteiger partial charge >= 0.3 is 6.18 Å². The molecule has 1 aliphatic heterocycles. The van der Waals surface area contributed by atoms with Gasteiger partial charge in [0.2, 0.25) is 5.88 Å². The summed E-state index contributed by atoms with van der Waals surface area (Å²) in [6.07, 6.45) is -3.06. The van der Waals surface area contributed by atoms with Crippen molar-refractivity contribution in [3.05, 3.63) is 63.3 Å². The second-order valence-corrected chi connectivity index (χ2v) is 9.83. The molecule has 2 fully saturated rings. The van der Waals surface area contributed by atoms with Crippen LogP contribution in [0.4, 0.5) is 13.2 Å². The first-order valence-electron chi connectivity index (χ1n) is 12.2. The average Bonchev–Trinajstić information content (AvgIpc) is 3.66. The summed E-state index contributed by atoms with van der Waals surface area (Å²) in [4.78, 5) is 37.9. The molecule has 0 bridgehead atoms. The number of pyridine rings is 1. The van der Waals surface area contributed by atoms with E-state index in [1.165, 1.54) is 25.3 Å². The molecule has 196 valence electrons. The van der Waals surface area contributed by atoms with Gasteiger partial charge in [0.25, 0.3) is 11.5 Å². The number of carbonyl (C=O) groups excluding carboxylic acids is 1. The molecule has 8 nitrogen and oxygen atoms in total. The molecule has 5 rings (SSSR count). The number of rotatable bonds is 5. The minimum atomic E-state index is -4.67. The van der Waals surface area contributed by atoms with Crippen LogP contribution in [-0.4, -0.2) is 51.1 Å². The Morgan fingerprint density at radius 3 is 2.49 bits per heavy atom. The van der Waals surface area contributed by atoms with E-state index >= 15 is 0 Å². The van der Waals surface area contributed by atoms with Crippen molar-refractivity contribution in [3.63, 3.8) is 0 Å². The zero-order valence-electron chi connectivity index (χ0n) is 20.6. The number of aryl methyl sites for hydroxylation is 1. The Balaban J connectivity index is 1.45. The van der Waals surface area contributed by atoms with E-state index in [1.54, 1.807) is 11.0 Å². The fourth-order valence-corrected chi connectivity index (χ4v) is 4.85. The summed E-state index contributed by atoms with van der Waals surface area (Å²) in [7, 11) is 0. The van der Waals surface area contributed by atoms with Gasteiger partial charge in [0.05, 0.1) is 34.2 Å². The maximum atomic E-state index is 14.1. The number of aromatic amines is 1. The van der Waals surface area contributed by atoms with Gasteiger partial charge < -0.3 is 19.4 Å². The van der Waals surface area contributed by atoms with Crippen molar-refractivity contribution in [3.8, 4) is 5.88 Å². The Morgan fingerprint density at radius 2 is 1.89 bits per heavy atom. The quantitative estimate of drug-likeness (QED) is 0.539. The minimum absolute atomic E-state index is 0.0281. The van der Waals surface area contributed by atoms with Crippen molar-refractivity contribution in [2.24, 2.45) is 5.92 Å². The minimum Gasteiger partial charge on any atom is -0.469 e. The van der Waals surface area contributed by atoms with Gasteiger partial charge in [-0.15, -0.1) is 0 Å². The normalized spacial score (nSPS) is 21.2. The number of nitrogens with zero attached hydrogens (tertiary/aromatic N) is 3. The van der Waals surface area contributed by atoms with E-state index in [-0.39, 0.29) is 52.2 Å². The Labute approximate surface area is 210 Å². The summed E-state index contributed by atoms with van der Waals surface area (Å²) in [6.45, 7) is 6.23. The lowest BCUT2D eigenvalue weighted by Crippen LogP contribution is -2.48. The molecule has 3 atom stereocenters. The van der Waals surface area contributed by atoms with E-state index < -0.39 is 23.4 Å². The number of halogens is 3. The summed E-state index contributed by atoms with van der Waals surface area (Å²) in [5, 5.41) is 0.0609. The fourth-order valence-electron chi connectivity index (χ4n) is 4.85. The van der Waals surface area contributed by atoms with Gasteiger partial charge in [-0.1, -0.05) is 0 Å². The maximum Gasteiger partial charge on any atom is 0.416 e. The Kier molecular flexibility index (Phi) is 6.43. The topological polar surface area (TPSA) is 97.4 Å². The Bertz CT molecular complexity index is 1380. The van der Waals surface area contributed by atoms with E-state index in [9.17, 15) is 22.8 Å². The van der Waals surface area contributed by atoms with Gasteiger partial charge in [-0.2, -0.15) is 13.2 Å². The number of nitrogens with one attached hydrogen (secondary N) is 1. The largest absolute Gasteiger partial charge is 0.469 e. The number of ether oxygens (including phenoxy) is 2. The van der Waals surface area contributed by atoms with E-state index in [2.05, 4.69) is 15.0 Å². The van der Waals surface area contributed by atoms with Gasteiger partial charge in [0.1, 0.15) is 11.9 Å². The molecule has 0 spiro atoms. The molecule has 3 heterocycles. The van der Waals surface area contributed by atoms with Crippen LogP contribution in [-0.2, 0) is 10.9 Å². The van der Waals surface area contributed by atoms with Crippen molar-refractivity contribution in [2.75, 3.05) is 13.1 Å². The zero-order valence-corrected chi connectivity index (χ0v) is 20.6. The SMILES string of the molecule is Cc1nc2cc(C(F)(F)F)c([C@@H](Oc3ccc(C(=O)N4C[C@@H](C)O[C@@H](C)C4)cn3)C3CC3)cc2c(=O)[nH]1. The number of alkyl halides is 3. The standard InChI is InChI=1S/C26H27F3N4O4/c1-13-11-33(12-14(2)36-13)25(35)17-6-7-22(30-10-17)37-23(16-4-5-16)18-8-19-21(9-20(18)26(27,28)29)31-15(3)32-24(19)34/h6-10,13-14,16,23H,4-5,11-12H2,1-3H3,(H,31,32,34)/t13-,14+,23-/m0/s1. The molecule has 2 aliphatic rings. The molecule has 2 aromatic heterocycles. The van der Waals surface area contributed by atoms with Crippen molar-refractivity contribution < 1.29 is 27.4 Å². The van der Waals surface area contributed by atoms with Gasteiger partial charge in [-0.05, 0) is 51.8 Å². The van der Waals surface area contributed by atoms with E-state index in [0.29, 0.717) is 31.5 Å². The van der Waals surface area contributed by atoms with Crippen LogP contribution in [0.3, 0.4) is 0 Å². The number of benzene rings is 1. The smallest absolute Gasteiger partial charge is 0.416 e. The molecule has 1 aromatic carbocycles. The lowest BCUT2D eigenvalue weighted by atomic mass is 9.96. The molecular formula is C26H27F3N4O4. The molecule has 1 saturated heterocycles. The Hall–Kier alpha value is -3.47. The third kappa shape index (κ3) is 5.31. The number of H-pyrrole nitrogens is 1. The van der Waals surface area contributed by atoms with Crippen molar-refractivity contribution in [1.82, 2.24) is 19.9 Å². The summed E-state index contributed by atoms with van der Waals surface area (Å²) in [5.74, 6) is -0.0271. The molecular weight excluding hydrogens is 489 g/mol. The molecule has 37 heavy (non-hydrogen) atoms. The van der Waals surface area contributed by atoms with Crippen LogP contribution in [0.15, 0.2) is 35.3 Å². The first-order chi connectivity index (χ1) is 17.5. The highest BCUT2D eigenvalue weighted by Gasteiger charge is 2.42. The zero-order chi connectivity index (χ0) is 26.5. The molecule has 1 amide bonds. The van der Waals surface area contributed by atoms with Crippen molar-refractivity contribution in [1.29, 1.82) is 0 Å². The highest BCUT2D eigenvalue weighted by molar-refractivity contribution is 5.94. The molecule has 1 N–H and O–H groups in total. The second-order valence-electron chi connectivity index (χ2n) is 9.83. The monoisotopic (exact) mass is 516 g/mol. The highest BCUT2D eigenvalue weighted by Crippen LogP contribution is 2.47. The number of carbonyl (C=O) groups is 1. The van der Waals surface area contributed by atoms with Gasteiger partial charge in [-0.25, -0.2) is 9.97 Å². The first kappa shape index (κ1) is 25.2. The van der Waals surface area contributed by atoms with E-state index in [0.717, 1.165) is 6.07 Å². The number of hydrogen-bond acceptors (Lipinski definition) is 6. The van der Waals surface area contributed by atoms with Crippen LogP contribution in [0.2, 0.25) is 0 Å². The fraction of sp³-hybridized carbons (Fsp3) is 0.462. The van der Waals surface area contributed by atoms with Crippen molar-refractivity contribution in [2.45, 2.75) is 58.1 Å². The number of hydrogen-bond donors (Lipinski definition) is 1. The average molecular weight is 517 g/mol. The predicted octanol–water partition coefficient (Wildman–Crippen LogP) is 4.42. The first-order valence-corrected chi connectivity index (χ1v) is 12.2. The second kappa shape index (κ2) is 9.44. The maximum absolute atomic E-state index is 14.1. The molecule has 11 heteroatoms. The number of morpholine rings is 1. The predicted molar refractivity (Wildman–Crippen MR) is 128 cm³/mol. The summed E-state index contributed by atoms with van der Waals surface area (Å²) < 4.78 is 54.0. The summed E-state index contributed by atoms with van der Waals surface area (Å²) >= 11 is 0. The molecule has 0 radical (unpaired) electrons. The van der Waals surface area contributed by atoms with Gasteiger partial charge in [-0.3, -0.25) is 9.59 Å². The summed E-state index contributed by atoms with van der Waals surface area (Å²) in [6, 6.07) is 5.18. The molecule has 3 aromatic rings. The van der Waals surface area contributed by atoms with E-state index in [4.69, 9.17) is 9.47 Å². The Morgan fingerprint density at radius 1 is 1.19 bits per heavy atom. The van der Waals surface area contributed by atoms with Crippen LogP contribution < -0.4 is 10.3 Å². The van der Waals surface area contributed by atoms with Crippen LogP contribution in [0.1, 0.15) is 60.1 Å². The van der Waals surface area contributed by atoms with Crippen LogP contribution in [0, 0.1) is 12.8 Å². The van der Waals surface area contributed by atoms with Gasteiger partial charge in [0, 0.05) is 36.8 Å². The third-order valence-electron chi connectivity index (χ3n) is 6.59. The summed E-state index contributed by atoms with van der Waals surface area (Å²) in [5.41, 5.74) is -1.21. The molecule has 1 saturated carbocycles. The lowest BCUT2D eigenvalue weighted by Gasteiger charge is -2.35. The van der Waals surface area contributed by atoms with E-state index in [1.807, 2.05) is 13.8 Å². The highest BCUT2D eigenvalue weighted by atomic mass is 19.4. The van der Waals surface area contributed by atoms with Crippen LogP contribution >= 0.6 is 0 Å². The van der Waals surface area contributed by atoms with Crippen molar-refractivity contribution >= 4 is 16.8 Å².